The number of alkyl halides is 3. The second-order valence-electron chi connectivity index (χ2n) is 10.8. The van der Waals surface area contributed by atoms with Crippen LogP contribution in [0, 0.1) is 0 Å². The number of halogens is 5. The van der Waals surface area contributed by atoms with Gasteiger partial charge in [0.1, 0.15) is 0 Å². The van der Waals surface area contributed by atoms with Gasteiger partial charge in [-0.15, -0.1) is 0 Å². The van der Waals surface area contributed by atoms with Crippen molar-refractivity contribution in [3.05, 3.63) is 45.5 Å². The highest BCUT2D eigenvalue weighted by Gasteiger charge is 2.42. The van der Waals surface area contributed by atoms with E-state index in [1.54, 1.807) is 17.9 Å². The second kappa shape index (κ2) is 19.7. The predicted molar refractivity (Wildman–Crippen MR) is 188 cm³/mol. The summed E-state index contributed by atoms with van der Waals surface area (Å²) in [6, 6.07) is 0. The number of guanidine groups is 2. The molecular weight excluding hydrogens is 752 g/mol. The van der Waals surface area contributed by atoms with Crippen LogP contribution < -0.4 is 44.8 Å². The van der Waals surface area contributed by atoms with Crippen LogP contribution in [0.1, 0.15) is 70.9 Å². The molecule has 0 radical (unpaired) electrons. The number of aromatic nitrogens is 6. The molecule has 0 unspecified atom stereocenters. The summed E-state index contributed by atoms with van der Waals surface area (Å²) in [6.45, 7) is 0.392. The Morgan fingerprint density at radius 2 is 1.17 bits per heavy atom. The van der Waals surface area contributed by atoms with Gasteiger partial charge < -0.3 is 33.5 Å². The molecule has 3 aromatic heterocycles. The molecule has 0 saturated carbocycles. The van der Waals surface area contributed by atoms with E-state index in [2.05, 4.69) is 55.4 Å². The number of unbranched alkanes of at least 4 members (excludes halogenated alkanes) is 4. The van der Waals surface area contributed by atoms with Crippen molar-refractivity contribution in [3.8, 4) is 0 Å². The smallest absolute Gasteiger partial charge is 0.382 e. The Bertz CT molecular complexity index is 1830. The van der Waals surface area contributed by atoms with Gasteiger partial charge in [0, 0.05) is 25.5 Å². The van der Waals surface area contributed by atoms with Crippen LogP contribution in [-0.2, 0) is 22.5 Å². The summed E-state index contributed by atoms with van der Waals surface area (Å²) >= 11 is 11.6. The molecule has 53 heavy (non-hydrogen) atoms. The minimum atomic E-state index is -5.30. The van der Waals surface area contributed by atoms with Crippen LogP contribution in [0.5, 0.6) is 0 Å². The number of hydrogen-bond acceptors (Lipinski definition) is 16. The first-order valence-corrected chi connectivity index (χ1v) is 16.3. The van der Waals surface area contributed by atoms with Gasteiger partial charge in [-0.2, -0.15) is 18.7 Å². The Morgan fingerprint density at radius 1 is 0.698 bits per heavy atom. The predicted octanol–water partition coefficient (Wildman–Crippen LogP) is 1.26. The van der Waals surface area contributed by atoms with Gasteiger partial charge in [-0.3, -0.25) is 40.2 Å². The number of aliphatic imine (C=N–C) groups is 2. The van der Waals surface area contributed by atoms with E-state index in [4.69, 9.17) is 51.9 Å². The lowest BCUT2D eigenvalue weighted by atomic mass is 10.1. The third-order valence-electron chi connectivity index (χ3n) is 6.68. The highest BCUT2D eigenvalue weighted by Crippen LogP contribution is 2.19. The van der Waals surface area contributed by atoms with E-state index in [0.717, 1.165) is 24.2 Å². The third-order valence-corrected chi connectivity index (χ3v) is 7.23. The Labute approximate surface area is 308 Å². The summed E-state index contributed by atoms with van der Waals surface area (Å²) in [5, 5.41) is 3.98. The molecule has 20 nitrogen and oxygen atoms in total. The van der Waals surface area contributed by atoms with Crippen molar-refractivity contribution in [3.63, 3.8) is 0 Å². The number of nitrogen functional groups attached to an aromatic ring is 4. The number of nitrogens with one attached hydrogen (secondary N) is 3. The number of carbonyl (C=O) groups excluding carboxylic acids is 3. The molecule has 0 bridgehead atoms. The molecule has 0 aliphatic rings. The molecular formula is C28H35Cl2F3N16O4. The Balaban J connectivity index is 1.37. The van der Waals surface area contributed by atoms with Crippen molar-refractivity contribution in [2.24, 2.45) is 15.7 Å². The Morgan fingerprint density at radius 3 is 1.64 bits per heavy atom. The number of hydrogen-bond donors (Lipinski definition) is 8. The molecule has 0 fully saturated rings. The molecule has 25 heteroatoms. The van der Waals surface area contributed by atoms with E-state index in [1.165, 1.54) is 0 Å². The van der Waals surface area contributed by atoms with Gasteiger partial charge in [0.05, 0.1) is 11.4 Å². The lowest BCUT2D eigenvalue weighted by molar-refractivity contribution is -0.204. The van der Waals surface area contributed by atoms with Crippen molar-refractivity contribution < 1.29 is 32.4 Å². The summed E-state index contributed by atoms with van der Waals surface area (Å²) in [7, 11) is 0. The highest BCUT2D eigenvalue weighted by atomic mass is 35.5. The first-order chi connectivity index (χ1) is 25.0. The number of aryl methyl sites for hydroxylation is 2. The molecule has 0 aromatic carbocycles. The minimum absolute atomic E-state index is 0.0241. The second-order valence-corrected chi connectivity index (χ2v) is 11.5. The van der Waals surface area contributed by atoms with Crippen LogP contribution in [-0.4, -0.2) is 78.9 Å². The number of amides is 2. The van der Waals surface area contributed by atoms with Crippen molar-refractivity contribution in [1.29, 1.82) is 0 Å². The molecule has 0 aliphatic carbocycles. The monoisotopic (exact) mass is 786 g/mol. The maximum Gasteiger partial charge on any atom is 0.493 e. The molecule has 0 saturated heterocycles. The fraction of sp³-hybridized carbons (Fsp3) is 0.393. The normalized spacial score (nSPS) is 11.9. The van der Waals surface area contributed by atoms with E-state index >= 15 is 0 Å². The summed E-state index contributed by atoms with van der Waals surface area (Å²) in [6.07, 6.45) is 3.41. The van der Waals surface area contributed by atoms with Crippen molar-refractivity contribution in [2.45, 2.75) is 57.5 Å². The van der Waals surface area contributed by atoms with Gasteiger partial charge in [0.25, 0.3) is 11.8 Å². The summed E-state index contributed by atoms with van der Waals surface area (Å²) in [5.74, 6) is -6.04. The number of rotatable bonds is 14. The molecule has 0 atom stereocenters. The van der Waals surface area contributed by atoms with Gasteiger partial charge in [-0.25, -0.2) is 24.7 Å². The molecule has 2 amide bonds. The van der Waals surface area contributed by atoms with E-state index in [1.807, 2.05) is 0 Å². The Hall–Kier alpha value is -5.84. The third kappa shape index (κ3) is 13.7. The van der Waals surface area contributed by atoms with Gasteiger partial charge in [-0.05, 0) is 38.5 Å². The first-order valence-electron chi connectivity index (χ1n) is 15.5. The first kappa shape index (κ1) is 41.6. The summed E-state index contributed by atoms with van der Waals surface area (Å²) < 4.78 is 37.8. The number of nitrogens with two attached hydrogens (primary N) is 5. The van der Waals surface area contributed by atoms with Gasteiger partial charge in [0.15, 0.2) is 50.9 Å². The van der Waals surface area contributed by atoms with Crippen LogP contribution in [0.15, 0.2) is 22.4 Å². The van der Waals surface area contributed by atoms with Crippen molar-refractivity contribution >= 4 is 76.2 Å². The molecule has 3 rings (SSSR count). The van der Waals surface area contributed by atoms with Gasteiger partial charge in [0.2, 0.25) is 5.96 Å². The standard InChI is InChI=1S/C28H35Cl2F3N16O4/c29-17-21(36)45-19(34)15(43-17)23(50)47-26(38)39-9-5-1-3-7-13-11-42-14(12-41-13)8-4-2-6-10-40-27(49-53-25(52)28(31,32)33)48-24(51)16-20(35)46-22(37)18(30)44-16/h11-12H,1-10H2,(H4,34,36,45)(H4,35,37,46)(H3,38,39,47,50)(H2,40,48,49,51). The molecule has 0 spiro atoms. The average Bonchev–Trinajstić information content (AvgIpc) is 3.09. The molecule has 0 aliphatic heterocycles. The van der Waals surface area contributed by atoms with Crippen LogP contribution >= 0.6 is 23.2 Å². The molecule has 3 aromatic rings. The van der Waals surface area contributed by atoms with E-state index in [0.29, 0.717) is 45.1 Å². The van der Waals surface area contributed by atoms with Crippen LogP contribution in [0.4, 0.5) is 36.4 Å². The lowest BCUT2D eigenvalue weighted by Crippen LogP contribution is -2.44. The summed E-state index contributed by atoms with van der Waals surface area (Å²) in [4.78, 5) is 71.8. The van der Waals surface area contributed by atoms with Crippen molar-refractivity contribution in [2.75, 3.05) is 36.0 Å². The van der Waals surface area contributed by atoms with Crippen LogP contribution in [0.3, 0.4) is 0 Å². The molecule has 13 N–H and O–H groups in total. The number of carbonyl (C=O) groups is 3. The SMILES string of the molecule is NC(=NCCCCCc1cnc(CCCCCN=C(NOC(=O)C(F)(F)F)NC(=O)c2nc(Cl)c(N)nc2N)cn1)NC(=O)c1nc(Cl)c(N)nc1N. The largest absolute Gasteiger partial charge is 0.493 e. The van der Waals surface area contributed by atoms with Gasteiger partial charge in [-0.1, -0.05) is 36.0 Å². The zero-order valence-electron chi connectivity index (χ0n) is 27.7. The zero-order chi connectivity index (χ0) is 39.1. The van der Waals surface area contributed by atoms with Gasteiger partial charge >= 0.3 is 12.1 Å². The van der Waals surface area contributed by atoms with Crippen LogP contribution in [0.25, 0.3) is 0 Å². The number of nitrogens with zero attached hydrogens (tertiary/aromatic N) is 8. The zero-order valence-corrected chi connectivity index (χ0v) is 29.2. The lowest BCUT2D eigenvalue weighted by Gasteiger charge is -2.13. The quantitative estimate of drug-likeness (QED) is 0.0493. The van der Waals surface area contributed by atoms with Crippen molar-refractivity contribution in [1.82, 2.24) is 46.0 Å². The fourth-order valence-corrected chi connectivity index (χ4v) is 4.32. The highest BCUT2D eigenvalue weighted by molar-refractivity contribution is 6.32. The van der Waals surface area contributed by atoms with E-state index in [-0.39, 0.29) is 46.0 Å². The number of anilines is 4. The molecule has 3 heterocycles. The summed E-state index contributed by atoms with van der Waals surface area (Å²) in [5.41, 5.74) is 30.6. The fourth-order valence-electron chi connectivity index (χ4n) is 4.07. The minimum Gasteiger partial charge on any atom is -0.382 e. The maximum atomic E-state index is 12.6. The average molecular weight is 788 g/mol. The number of hydroxylamine groups is 1. The maximum absolute atomic E-state index is 12.6. The van der Waals surface area contributed by atoms with E-state index in [9.17, 15) is 27.6 Å². The molecule has 286 valence electrons. The topological polar surface area (TPSA) is 329 Å². The Kier molecular flexibility index (Phi) is 15.4. The van der Waals surface area contributed by atoms with Crippen LogP contribution in [0.2, 0.25) is 10.3 Å². The van der Waals surface area contributed by atoms with E-state index < -0.39 is 41.4 Å².